The molecule has 0 spiro atoms. The molecule has 0 atom stereocenters. The molecule has 0 saturated heterocycles. The molecule has 0 fully saturated rings. The summed E-state index contributed by atoms with van der Waals surface area (Å²) < 4.78 is 14.8. The van der Waals surface area contributed by atoms with E-state index in [9.17, 15) is 0 Å². The van der Waals surface area contributed by atoms with Crippen molar-refractivity contribution in [3.8, 4) is 28.6 Å². The van der Waals surface area contributed by atoms with Crippen LogP contribution < -0.4 is 4.74 Å². The van der Waals surface area contributed by atoms with Crippen LogP contribution >= 0.6 is 15.9 Å². The zero-order valence-electron chi connectivity index (χ0n) is 28.4. The maximum atomic E-state index is 6.51. The van der Waals surface area contributed by atoms with Crippen LogP contribution in [0.3, 0.4) is 0 Å². The molecule has 4 nitrogen and oxygen atoms in total. The normalized spacial score (nSPS) is 11.9. The van der Waals surface area contributed by atoms with Crippen molar-refractivity contribution in [3.05, 3.63) is 186 Å². The maximum absolute atomic E-state index is 6.51. The SMILES string of the molecule is Brc1ccccc1Oc1cccc(-n2c3ccccc3c3c4c(c5ccccc5n4-c4ccccc4)c4c(c5ccccc5n4-c4ccccc4)c32)c1. The van der Waals surface area contributed by atoms with Gasteiger partial charge in [-0.05, 0) is 82.7 Å². The fraction of sp³-hybridized carbons (Fsp3) is 0. The van der Waals surface area contributed by atoms with Gasteiger partial charge in [-0.25, -0.2) is 0 Å². The molecule has 0 aliphatic rings. The summed E-state index contributed by atoms with van der Waals surface area (Å²) in [6, 6.07) is 64.6. The summed E-state index contributed by atoms with van der Waals surface area (Å²) in [5.74, 6) is 1.54. The number of aromatic nitrogens is 3. The highest BCUT2D eigenvalue weighted by atomic mass is 79.9. The van der Waals surface area contributed by atoms with E-state index in [1.807, 2.05) is 30.3 Å². The number of para-hydroxylation sites is 6. The third kappa shape index (κ3) is 4.41. The summed E-state index contributed by atoms with van der Waals surface area (Å²) in [7, 11) is 0. The standard InChI is InChI=1S/C48H30BrN3O/c49-38-25-10-14-29-42(38)53-34-21-15-20-33(30-34)52-41-28-13-9-24-37(41)45-47-43(35-22-7-11-26-39(35)50(47)31-16-3-1-4-17-31)46-44(48(45)52)36-23-8-12-27-40(36)51(46)32-18-5-2-6-19-32/h1-30H. The Balaban J connectivity index is 1.41. The lowest BCUT2D eigenvalue weighted by molar-refractivity contribution is 0.479. The molecule has 0 aliphatic heterocycles. The van der Waals surface area contributed by atoms with Crippen molar-refractivity contribution in [2.24, 2.45) is 0 Å². The molecule has 0 unspecified atom stereocenters. The molecule has 11 aromatic rings. The third-order valence-corrected chi connectivity index (χ3v) is 11.2. The summed E-state index contributed by atoms with van der Waals surface area (Å²) in [5, 5.41) is 7.30. The van der Waals surface area contributed by atoms with Crippen LogP contribution in [-0.4, -0.2) is 13.7 Å². The molecule has 3 aromatic heterocycles. The van der Waals surface area contributed by atoms with Gasteiger partial charge in [0, 0.05) is 55.4 Å². The molecular weight excluding hydrogens is 714 g/mol. The van der Waals surface area contributed by atoms with Crippen molar-refractivity contribution >= 4 is 81.3 Å². The maximum Gasteiger partial charge on any atom is 0.141 e. The predicted octanol–water partition coefficient (Wildman–Crippen LogP) is 13.5. The first kappa shape index (κ1) is 30.1. The molecule has 0 radical (unpaired) electrons. The third-order valence-electron chi connectivity index (χ3n) is 10.5. The van der Waals surface area contributed by atoms with E-state index in [1.165, 1.54) is 54.4 Å². The Morgan fingerprint density at radius 2 is 0.755 bits per heavy atom. The van der Waals surface area contributed by atoms with Gasteiger partial charge in [0.25, 0.3) is 0 Å². The fourth-order valence-corrected chi connectivity index (χ4v) is 8.81. The Morgan fingerprint density at radius 3 is 1.25 bits per heavy atom. The Labute approximate surface area is 313 Å². The highest BCUT2D eigenvalue weighted by Gasteiger charge is 2.28. The van der Waals surface area contributed by atoms with E-state index in [0.29, 0.717) is 0 Å². The second kappa shape index (κ2) is 11.7. The van der Waals surface area contributed by atoms with Gasteiger partial charge < -0.3 is 18.4 Å². The molecular formula is C48H30BrN3O. The summed E-state index contributed by atoms with van der Waals surface area (Å²) in [4.78, 5) is 0. The summed E-state index contributed by atoms with van der Waals surface area (Å²) in [5.41, 5.74) is 10.3. The van der Waals surface area contributed by atoms with Crippen LogP contribution in [-0.2, 0) is 0 Å². The van der Waals surface area contributed by atoms with E-state index >= 15 is 0 Å². The van der Waals surface area contributed by atoms with Gasteiger partial charge in [-0.3, -0.25) is 0 Å². The topological polar surface area (TPSA) is 24.0 Å². The number of hydrogen-bond acceptors (Lipinski definition) is 1. The van der Waals surface area contributed by atoms with Crippen LogP contribution in [0.4, 0.5) is 0 Å². The van der Waals surface area contributed by atoms with E-state index in [1.54, 1.807) is 0 Å². The van der Waals surface area contributed by atoms with Crippen molar-refractivity contribution in [1.82, 2.24) is 13.7 Å². The molecule has 8 aromatic carbocycles. The molecule has 0 bridgehead atoms. The van der Waals surface area contributed by atoms with Crippen LogP contribution in [0.2, 0.25) is 0 Å². The first-order chi connectivity index (χ1) is 26.3. The zero-order valence-corrected chi connectivity index (χ0v) is 30.0. The highest BCUT2D eigenvalue weighted by molar-refractivity contribution is 9.10. The van der Waals surface area contributed by atoms with Gasteiger partial charge in [0.1, 0.15) is 11.5 Å². The smallest absolute Gasteiger partial charge is 0.141 e. The monoisotopic (exact) mass is 743 g/mol. The molecule has 3 heterocycles. The lowest BCUT2D eigenvalue weighted by Crippen LogP contribution is -1.98. The minimum absolute atomic E-state index is 0.766. The Hall–Kier alpha value is -6.56. The number of fused-ring (bicyclic) bond motifs is 12. The van der Waals surface area contributed by atoms with Gasteiger partial charge in [-0.15, -0.1) is 0 Å². The van der Waals surface area contributed by atoms with Crippen LogP contribution in [0.1, 0.15) is 0 Å². The lowest BCUT2D eigenvalue weighted by Gasteiger charge is -2.14. The van der Waals surface area contributed by atoms with Crippen LogP contribution in [0.15, 0.2) is 186 Å². The zero-order chi connectivity index (χ0) is 35.0. The van der Waals surface area contributed by atoms with Gasteiger partial charge in [-0.2, -0.15) is 0 Å². The van der Waals surface area contributed by atoms with E-state index in [-0.39, 0.29) is 0 Å². The Bertz CT molecular complexity index is 3140. The van der Waals surface area contributed by atoms with Crippen molar-refractivity contribution in [3.63, 3.8) is 0 Å². The molecule has 11 rings (SSSR count). The predicted molar refractivity (Wildman–Crippen MR) is 224 cm³/mol. The number of rotatable bonds is 5. The van der Waals surface area contributed by atoms with Gasteiger partial charge >= 0.3 is 0 Å². The lowest BCUT2D eigenvalue weighted by atomic mass is 10.0. The first-order valence-electron chi connectivity index (χ1n) is 17.8. The van der Waals surface area contributed by atoms with Gasteiger partial charge in [0.2, 0.25) is 0 Å². The number of halogens is 1. The van der Waals surface area contributed by atoms with E-state index in [4.69, 9.17) is 4.74 Å². The summed E-state index contributed by atoms with van der Waals surface area (Å²) >= 11 is 3.68. The van der Waals surface area contributed by atoms with E-state index < -0.39 is 0 Å². The van der Waals surface area contributed by atoms with E-state index in [0.717, 1.165) is 44.1 Å². The number of hydrogen-bond donors (Lipinski definition) is 0. The molecule has 0 saturated carbocycles. The summed E-state index contributed by atoms with van der Waals surface area (Å²) in [6.07, 6.45) is 0. The van der Waals surface area contributed by atoms with Crippen LogP contribution in [0.5, 0.6) is 11.5 Å². The van der Waals surface area contributed by atoms with Crippen molar-refractivity contribution < 1.29 is 4.74 Å². The largest absolute Gasteiger partial charge is 0.456 e. The average Bonchev–Trinajstić information content (AvgIpc) is 3.86. The molecule has 5 heteroatoms. The fourth-order valence-electron chi connectivity index (χ4n) is 8.45. The second-order valence-corrected chi connectivity index (χ2v) is 14.3. The van der Waals surface area contributed by atoms with Crippen LogP contribution in [0, 0.1) is 0 Å². The number of nitrogens with zero attached hydrogens (tertiary/aromatic N) is 3. The molecule has 0 aliphatic carbocycles. The quantitative estimate of drug-likeness (QED) is 0.172. The highest BCUT2D eigenvalue weighted by Crippen LogP contribution is 2.50. The Morgan fingerprint density at radius 1 is 0.358 bits per heavy atom. The van der Waals surface area contributed by atoms with Crippen molar-refractivity contribution in [2.75, 3.05) is 0 Å². The number of benzene rings is 8. The van der Waals surface area contributed by atoms with E-state index in [2.05, 4.69) is 181 Å². The van der Waals surface area contributed by atoms with Gasteiger partial charge in [0.15, 0.2) is 0 Å². The molecule has 250 valence electrons. The first-order valence-corrected chi connectivity index (χ1v) is 18.6. The summed E-state index contributed by atoms with van der Waals surface area (Å²) in [6.45, 7) is 0. The van der Waals surface area contributed by atoms with Gasteiger partial charge in [-0.1, -0.05) is 109 Å². The number of ether oxygens (including phenoxy) is 1. The second-order valence-electron chi connectivity index (χ2n) is 13.4. The average molecular weight is 745 g/mol. The Kier molecular flexibility index (Phi) is 6.67. The van der Waals surface area contributed by atoms with Crippen molar-refractivity contribution in [1.29, 1.82) is 0 Å². The minimum atomic E-state index is 0.766. The minimum Gasteiger partial charge on any atom is -0.456 e. The molecule has 0 amide bonds. The van der Waals surface area contributed by atoms with Gasteiger partial charge in [0.05, 0.1) is 37.6 Å². The molecule has 53 heavy (non-hydrogen) atoms. The van der Waals surface area contributed by atoms with Crippen LogP contribution in [0.25, 0.3) is 82.5 Å². The van der Waals surface area contributed by atoms with Crippen molar-refractivity contribution in [2.45, 2.75) is 0 Å². The molecule has 0 N–H and O–H groups in total.